The molecule has 2 amide bonds. The average molecular weight is 258 g/mol. The Hall–Kier alpha value is -1.56. The highest BCUT2D eigenvalue weighted by molar-refractivity contribution is 5.75. The number of ether oxygens (including phenoxy) is 2. The molecule has 0 fully saturated rings. The average Bonchev–Trinajstić information content (AvgIpc) is 2.37. The fourth-order valence-electron chi connectivity index (χ4n) is 1.33. The molecule has 0 saturated heterocycles. The van der Waals surface area contributed by atoms with Crippen molar-refractivity contribution in [3.05, 3.63) is 12.7 Å². The van der Waals surface area contributed by atoms with E-state index in [1.165, 1.54) is 0 Å². The third-order valence-electron chi connectivity index (χ3n) is 2.67. The maximum Gasteiger partial charge on any atom is 0.407 e. The van der Waals surface area contributed by atoms with Crippen molar-refractivity contribution in [3.8, 4) is 0 Å². The van der Waals surface area contributed by atoms with Crippen molar-refractivity contribution >= 4 is 12.0 Å². The molecular formula is C12H22N2O4. The molecule has 0 aromatic heterocycles. The van der Waals surface area contributed by atoms with Crippen LogP contribution in [-0.2, 0) is 14.3 Å². The highest BCUT2D eigenvalue weighted by Crippen LogP contribution is 2.20. The van der Waals surface area contributed by atoms with Crippen LogP contribution in [0.3, 0.4) is 0 Å². The molecule has 3 N–H and O–H groups in total. The summed E-state index contributed by atoms with van der Waals surface area (Å²) in [5, 5.41) is 2.49. The predicted molar refractivity (Wildman–Crippen MR) is 68.0 cm³/mol. The number of hydrogen-bond acceptors (Lipinski definition) is 4. The number of carbonyl (C=O) groups excluding carboxylic acids is 2. The van der Waals surface area contributed by atoms with Crippen molar-refractivity contribution in [1.29, 1.82) is 0 Å². The van der Waals surface area contributed by atoms with Crippen molar-refractivity contribution in [2.45, 2.75) is 32.3 Å². The minimum Gasteiger partial charge on any atom is -0.446 e. The fourth-order valence-corrected chi connectivity index (χ4v) is 1.33. The van der Waals surface area contributed by atoms with E-state index in [0.717, 1.165) is 0 Å². The molecule has 0 spiro atoms. The van der Waals surface area contributed by atoms with Gasteiger partial charge in [0.15, 0.2) is 0 Å². The van der Waals surface area contributed by atoms with E-state index in [0.29, 0.717) is 19.4 Å². The maximum atomic E-state index is 11.3. The van der Waals surface area contributed by atoms with E-state index in [9.17, 15) is 9.59 Å². The summed E-state index contributed by atoms with van der Waals surface area (Å²) in [5.74, 6) is -0.544. The second-order valence-corrected chi connectivity index (χ2v) is 3.89. The molecule has 0 aliphatic heterocycles. The molecule has 6 nitrogen and oxygen atoms in total. The molecule has 0 aromatic rings. The van der Waals surface area contributed by atoms with Gasteiger partial charge in [-0.1, -0.05) is 19.9 Å². The van der Waals surface area contributed by atoms with E-state index in [4.69, 9.17) is 15.2 Å². The second-order valence-electron chi connectivity index (χ2n) is 3.89. The van der Waals surface area contributed by atoms with Crippen LogP contribution < -0.4 is 11.1 Å². The molecule has 0 bridgehead atoms. The lowest BCUT2D eigenvalue weighted by Crippen LogP contribution is -2.41. The lowest BCUT2D eigenvalue weighted by atomic mass is 9.98. The molecular weight excluding hydrogens is 236 g/mol. The highest BCUT2D eigenvalue weighted by Gasteiger charge is 2.29. The van der Waals surface area contributed by atoms with Crippen LogP contribution in [0.15, 0.2) is 12.7 Å². The number of hydrogen-bond donors (Lipinski definition) is 2. The van der Waals surface area contributed by atoms with Crippen molar-refractivity contribution in [1.82, 2.24) is 5.32 Å². The largest absolute Gasteiger partial charge is 0.446 e. The minimum absolute atomic E-state index is 0.0796. The normalized spacial score (nSPS) is 10.8. The van der Waals surface area contributed by atoms with Crippen LogP contribution >= 0.6 is 0 Å². The molecule has 0 heterocycles. The number of primary amides is 1. The number of alkyl carbamates (subject to hydrolysis) is 1. The lowest BCUT2D eigenvalue weighted by Gasteiger charge is -2.30. The summed E-state index contributed by atoms with van der Waals surface area (Å²) in [6.07, 6.45) is 2.25. The zero-order chi connectivity index (χ0) is 14.0. The Morgan fingerprint density at radius 1 is 1.39 bits per heavy atom. The monoisotopic (exact) mass is 258 g/mol. The van der Waals surface area contributed by atoms with E-state index < -0.39 is 17.6 Å². The van der Waals surface area contributed by atoms with E-state index in [1.807, 2.05) is 13.8 Å². The SMILES string of the molecule is C=CCNC(=O)OCC(CC)(CC)OCC(N)=O. The van der Waals surface area contributed by atoms with Crippen molar-refractivity contribution < 1.29 is 19.1 Å². The number of nitrogens with two attached hydrogens (primary N) is 1. The number of nitrogens with one attached hydrogen (secondary N) is 1. The van der Waals surface area contributed by atoms with Crippen LogP contribution in [0.4, 0.5) is 4.79 Å². The van der Waals surface area contributed by atoms with Gasteiger partial charge in [-0.3, -0.25) is 4.79 Å². The van der Waals surface area contributed by atoms with Crippen LogP contribution in [-0.4, -0.2) is 37.4 Å². The molecule has 0 aliphatic carbocycles. The number of rotatable bonds is 9. The number of carbonyl (C=O) groups is 2. The summed E-state index contributed by atoms with van der Waals surface area (Å²) < 4.78 is 10.5. The van der Waals surface area contributed by atoms with Gasteiger partial charge < -0.3 is 20.5 Å². The van der Waals surface area contributed by atoms with Crippen molar-refractivity contribution in [3.63, 3.8) is 0 Å². The summed E-state index contributed by atoms with van der Waals surface area (Å²) in [7, 11) is 0. The van der Waals surface area contributed by atoms with Gasteiger partial charge in [0, 0.05) is 6.54 Å². The maximum absolute atomic E-state index is 11.3. The zero-order valence-electron chi connectivity index (χ0n) is 11.0. The third kappa shape index (κ3) is 6.24. The van der Waals surface area contributed by atoms with Crippen LogP contribution in [0.5, 0.6) is 0 Å². The van der Waals surface area contributed by atoms with E-state index >= 15 is 0 Å². The molecule has 0 rings (SSSR count). The Bertz CT molecular complexity index is 288. The van der Waals surface area contributed by atoms with Gasteiger partial charge >= 0.3 is 6.09 Å². The Kier molecular flexibility index (Phi) is 7.78. The molecule has 0 unspecified atom stereocenters. The predicted octanol–water partition coefficient (Wildman–Crippen LogP) is 0.959. The van der Waals surface area contributed by atoms with Gasteiger partial charge in [-0.05, 0) is 12.8 Å². The molecule has 0 radical (unpaired) electrons. The van der Waals surface area contributed by atoms with Crippen molar-refractivity contribution in [2.24, 2.45) is 5.73 Å². The fraction of sp³-hybridized carbons (Fsp3) is 0.667. The summed E-state index contributed by atoms with van der Waals surface area (Å²) in [4.78, 5) is 22.0. The second kappa shape index (κ2) is 8.52. The van der Waals surface area contributed by atoms with E-state index in [2.05, 4.69) is 11.9 Å². The van der Waals surface area contributed by atoms with Crippen LogP contribution in [0.2, 0.25) is 0 Å². The van der Waals surface area contributed by atoms with Crippen LogP contribution in [0, 0.1) is 0 Å². The smallest absolute Gasteiger partial charge is 0.407 e. The molecule has 0 saturated carbocycles. The Morgan fingerprint density at radius 2 is 2.00 bits per heavy atom. The van der Waals surface area contributed by atoms with Gasteiger partial charge in [0.2, 0.25) is 5.91 Å². The topological polar surface area (TPSA) is 90.7 Å². The van der Waals surface area contributed by atoms with Crippen molar-refractivity contribution in [2.75, 3.05) is 19.8 Å². The van der Waals surface area contributed by atoms with E-state index in [-0.39, 0.29) is 13.2 Å². The molecule has 0 atom stereocenters. The zero-order valence-corrected chi connectivity index (χ0v) is 11.0. The minimum atomic E-state index is -0.666. The first-order chi connectivity index (χ1) is 8.49. The molecule has 0 aliphatic rings. The summed E-state index contributed by atoms with van der Waals surface area (Å²) in [5.41, 5.74) is 4.37. The van der Waals surface area contributed by atoms with Gasteiger partial charge in [0.05, 0.1) is 0 Å². The standard InChI is InChI=1S/C12H22N2O4/c1-4-7-14-11(16)17-9-12(5-2,6-3)18-8-10(13)15/h4H,1,5-9H2,2-3H3,(H2,13,15)(H,14,16). The molecule has 0 aromatic carbocycles. The summed E-state index contributed by atoms with van der Waals surface area (Å²) in [6, 6.07) is 0. The highest BCUT2D eigenvalue weighted by atomic mass is 16.6. The third-order valence-corrected chi connectivity index (χ3v) is 2.67. The first-order valence-electron chi connectivity index (χ1n) is 5.93. The lowest BCUT2D eigenvalue weighted by molar-refractivity contribution is -0.135. The first kappa shape index (κ1) is 16.4. The van der Waals surface area contributed by atoms with Crippen LogP contribution in [0.1, 0.15) is 26.7 Å². The van der Waals surface area contributed by atoms with E-state index in [1.54, 1.807) is 6.08 Å². The molecule has 104 valence electrons. The summed E-state index contributed by atoms with van der Waals surface area (Å²) in [6.45, 7) is 7.51. The summed E-state index contributed by atoms with van der Waals surface area (Å²) >= 11 is 0. The molecule has 18 heavy (non-hydrogen) atoms. The van der Waals surface area contributed by atoms with Gasteiger partial charge in [0.25, 0.3) is 0 Å². The first-order valence-corrected chi connectivity index (χ1v) is 5.93. The Labute approximate surface area is 108 Å². The van der Waals surface area contributed by atoms with Gasteiger partial charge in [-0.25, -0.2) is 4.79 Å². The molecule has 6 heteroatoms. The quantitative estimate of drug-likeness (QED) is 0.603. The van der Waals surface area contributed by atoms with Gasteiger partial charge in [-0.15, -0.1) is 6.58 Å². The van der Waals surface area contributed by atoms with Gasteiger partial charge in [0.1, 0.15) is 18.8 Å². The van der Waals surface area contributed by atoms with Crippen LogP contribution in [0.25, 0.3) is 0 Å². The Morgan fingerprint density at radius 3 is 2.44 bits per heavy atom. The Balaban J connectivity index is 4.28. The number of amides is 2. The van der Waals surface area contributed by atoms with Gasteiger partial charge in [-0.2, -0.15) is 0 Å².